The van der Waals surface area contributed by atoms with E-state index in [1.54, 1.807) is 6.07 Å². The molecule has 1 aliphatic rings. The molecular weight excluding hydrogens is 281 g/mol. The standard InChI is InChI=1S/C18H20FNO2/c1-13-11-15(19)7-8-16(13)22-18(14-5-3-2-4-6-14)17-12-20-9-10-21-17/h2-8,11,17-18,20H,9-10,12H2,1H3/t17-,18-/m0/s1. The van der Waals surface area contributed by atoms with Crippen molar-refractivity contribution in [3.8, 4) is 5.75 Å². The molecule has 2 aromatic carbocycles. The summed E-state index contributed by atoms with van der Waals surface area (Å²) in [7, 11) is 0. The quantitative estimate of drug-likeness (QED) is 0.940. The lowest BCUT2D eigenvalue weighted by atomic mass is 10.0. The highest BCUT2D eigenvalue weighted by molar-refractivity contribution is 5.34. The minimum absolute atomic E-state index is 0.0689. The van der Waals surface area contributed by atoms with Crippen LogP contribution in [0, 0.1) is 12.7 Å². The van der Waals surface area contributed by atoms with Gasteiger partial charge in [-0.1, -0.05) is 30.3 Å². The normalized spacial score (nSPS) is 19.6. The summed E-state index contributed by atoms with van der Waals surface area (Å²) >= 11 is 0. The third-order valence-electron chi connectivity index (χ3n) is 3.81. The summed E-state index contributed by atoms with van der Waals surface area (Å²) in [4.78, 5) is 0. The molecule has 22 heavy (non-hydrogen) atoms. The Balaban J connectivity index is 1.87. The number of benzene rings is 2. The molecule has 3 rings (SSSR count). The molecule has 1 fully saturated rings. The van der Waals surface area contributed by atoms with E-state index in [4.69, 9.17) is 9.47 Å². The average molecular weight is 301 g/mol. The number of ether oxygens (including phenoxy) is 2. The van der Waals surface area contributed by atoms with Crippen LogP contribution in [-0.2, 0) is 4.74 Å². The number of nitrogens with one attached hydrogen (secondary N) is 1. The fourth-order valence-corrected chi connectivity index (χ4v) is 2.66. The van der Waals surface area contributed by atoms with Gasteiger partial charge in [-0.15, -0.1) is 0 Å². The van der Waals surface area contributed by atoms with Gasteiger partial charge in [0.1, 0.15) is 17.7 Å². The fourth-order valence-electron chi connectivity index (χ4n) is 2.66. The third-order valence-corrected chi connectivity index (χ3v) is 3.81. The molecule has 1 N–H and O–H groups in total. The van der Waals surface area contributed by atoms with Crippen LogP contribution in [0.5, 0.6) is 5.75 Å². The Labute approximate surface area is 130 Å². The van der Waals surface area contributed by atoms with Gasteiger partial charge in [0.05, 0.1) is 6.61 Å². The van der Waals surface area contributed by atoms with Gasteiger partial charge in [0.25, 0.3) is 0 Å². The number of rotatable bonds is 4. The van der Waals surface area contributed by atoms with Crippen molar-refractivity contribution in [2.75, 3.05) is 19.7 Å². The molecule has 0 saturated carbocycles. The second kappa shape index (κ2) is 6.90. The van der Waals surface area contributed by atoms with E-state index in [0.29, 0.717) is 12.4 Å². The van der Waals surface area contributed by atoms with Gasteiger partial charge in [0.15, 0.2) is 6.10 Å². The fraction of sp³-hybridized carbons (Fsp3) is 0.333. The molecule has 3 nitrogen and oxygen atoms in total. The molecule has 2 aromatic rings. The zero-order chi connectivity index (χ0) is 15.4. The van der Waals surface area contributed by atoms with Gasteiger partial charge < -0.3 is 14.8 Å². The van der Waals surface area contributed by atoms with Crippen molar-refractivity contribution in [1.29, 1.82) is 0 Å². The summed E-state index contributed by atoms with van der Waals surface area (Å²) in [6.07, 6.45) is -0.293. The maximum Gasteiger partial charge on any atom is 0.151 e. The van der Waals surface area contributed by atoms with Gasteiger partial charge in [-0.05, 0) is 36.2 Å². The van der Waals surface area contributed by atoms with Crippen molar-refractivity contribution >= 4 is 0 Å². The minimum atomic E-state index is -0.253. The van der Waals surface area contributed by atoms with Crippen LogP contribution in [0.4, 0.5) is 4.39 Å². The topological polar surface area (TPSA) is 30.5 Å². The third kappa shape index (κ3) is 3.46. The average Bonchev–Trinajstić information content (AvgIpc) is 2.56. The number of morpholine rings is 1. The Hall–Kier alpha value is -1.91. The van der Waals surface area contributed by atoms with Crippen LogP contribution in [0.1, 0.15) is 17.2 Å². The van der Waals surface area contributed by atoms with Crippen molar-refractivity contribution in [3.63, 3.8) is 0 Å². The van der Waals surface area contributed by atoms with Crippen LogP contribution < -0.4 is 10.1 Å². The maximum absolute atomic E-state index is 13.3. The van der Waals surface area contributed by atoms with Gasteiger partial charge in [-0.25, -0.2) is 4.39 Å². The van der Waals surface area contributed by atoms with Crippen molar-refractivity contribution in [2.24, 2.45) is 0 Å². The number of aryl methyl sites for hydroxylation is 1. The molecule has 1 saturated heterocycles. The molecule has 1 heterocycles. The Morgan fingerprint density at radius 3 is 2.73 bits per heavy atom. The SMILES string of the molecule is Cc1cc(F)ccc1O[C@@H](c1ccccc1)[C@@H]1CNCCO1. The number of hydrogen-bond donors (Lipinski definition) is 1. The van der Waals surface area contributed by atoms with Crippen LogP contribution in [0.2, 0.25) is 0 Å². The van der Waals surface area contributed by atoms with E-state index in [-0.39, 0.29) is 18.0 Å². The van der Waals surface area contributed by atoms with Gasteiger partial charge in [-0.3, -0.25) is 0 Å². The minimum Gasteiger partial charge on any atom is -0.483 e. The second-order valence-electron chi connectivity index (χ2n) is 5.47. The molecule has 0 spiro atoms. The zero-order valence-electron chi connectivity index (χ0n) is 12.6. The first kappa shape index (κ1) is 15.0. The first-order valence-corrected chi connectivity index (χ1v) is 7.54. The number of halogens is 1. The van der Waals surface area contributed by atoms with Crippen molar-refractivity contribution in [2.45, 2.75) is 19.1 Å². The van der Waals surface area contributed by atoms with E-state index < -0.39 is 0 Å². The largest absolute Gasteiger partial charge is 0.483 e. The van der Waals surface area contributed by atoms with E-state index in [1.807, 2.05) is 37.3 Å². The van der Waals surface area contributed by atoms with E-state index in [2.05, 4.69) is 5.32 Å². The van der Waals surface area contributed by atoms with Gasteiger partial charge >= 0.3 is 0 Å². The predicted molar refractivity (Wildman–Crippen MR) is 83.6 cm³/mol. The van der Waals surface area contributed by atoms with Gasteiger partial charge in [-0.2, -0.15) is 0 Å². The summed E-state index contributed by atoms with van der Waals surface area (Å²) in [5, 5.41) is 3.33. The maximum atomic E-state index is 13.3. The monoisotopic (exact) mass is 301 g/mol. The molecule has 0 bridgehead atoms. The van der Waals surface area contributed by atoms with E-state index >= 15 is 0 Å². The lowest BCUT2D eigenvalue weighted by Crippen LogP contribution is -2.43. The lowest BCUT2D eigenvalue weighted by molar-refractivity contribution is -0.0434. The highest BCUT2D eigenvalue weighted by Crippen LogP contribution is 2.29. The van der Waals surface area contributed by atoms with Crippen LogP contribution in [0.25, 0.3) is 0 Å². The Kier molecular flexibility index (Phi) is 4.71. The van der Waals surface area contributed by atoms with E-state index in [9.17, 15) is 4.39 Å². The van der Waals surface area contributed by atoms with Crippen molar-refractivity contribution in [3.05, 3.63) is 65.5 Å². The molecule has 0 unspecified atom stereocenters. The van der Waals surface area contributed by atoms with E-state index in [0.717, 1.165) is 24.2 Å². The molecule has 1 aliphatic heterocycles. The Morgan fingerprint density at radius 2 is 2.05 bits per heavy atom. The zero-order valence-corrected chi connectivity index (χ0v) is 12.6. The molecule has 0 amide bonds. The number of hydrogen-bond acceptors (Lipinski definition) is 3. The summed E-state index contributed by atoms with van der Waals surface area (Å²) in [6.45, 7) is 4.10. The summed E-state index contributed by atoms with van der Waals surface area (Å²) in [5.74, 6) is 0.432. The summed E-state index contributed by atoms with van der Waals surface area (Å²) in [6, 6.07) is 14.6. The highest BCUT2D eigenvalue weighted by Gasteiger charge is 2.28. The van der Waals surface area contributed by atoms with Crippen LogP contribution in [0.3, 0.4) is 0 Å². The second-order valence-corrected chi connectivity index (χ2v) is 5.47. The van der Waals surface area contributed by atoms with Crippen LogP contribution in [-0.4, -0.2) is 25.8 Å². The predicted octanol–water partition coefficient (Wildman–Crippen LogP) is 3.24. The smallest absolute Gasteiger partial charge is 0.151 e. The van der Waals surface area contributed by atoms with Crippen molar-refractivity contribution < 1.29 is 13.9 Å². The highest BCUT2D eigenvalue weighted by atomic mass is 19.1. The van der Waals surface area contributed by atoms with Gasteiger partial charge in [0, 0.05) is 13.1 Å². The molecule has 4 heteroatoms. The Morgan fingerprint density at radius 1 is 1.23 bits per heavy atom. The van der Waals surface area contributed by atoms with Gasteiger partial charge in [0.2, 0.25) is 0 Å². The van der Waals surface area contributed by atoms with Crippen LogP contribution >= 0.6 is 0 Å². The lowest BCUT2D eigenvalue weighted by Gasteiger charge is -2.32. The van der Waals surface area contributed by atoms with Crippen LogP contribution in [0.15, 0.2) is 48.5 Å². The molecule has 116 valence electrons. The molecule has 2 atom stereocenters. The van der Waals surface area contributed by atoms with E-state index in [1.165, 1.54) is 12.1 Å². The molecule has 0 aromatic heterocycles. The first-order valence-electron chi connectivity index (χ1n) is 7.54. The first-order chi connectivity index (χ1) is 10.7. The van der Waals surface area contributed by atoms with Crippen molar-refractivity contribution in [1.82, 2.24) is 5.32 Å². The Bertz CT molecular complexity index is 612. The molecule has 0 radical (unpaired) electrons. The molecule has 0 aliphatic carbocycles. The molecular formula is C18H20FNO2. The summed E-state index contributed by atoms with van der Waals surface area (Å²) in [5.41, 5.74) is 1.84. The summed E-state index contributed by atoms with van der Waals surface area (Å²) < 4.78 is 25.3.